The third-order valence-electron chi connectivity index (χ3n) is 3.69. The highest BCUT2D eigenvalue weighted by Crippen LogP contribution is 2.34. The largest absolute Gasteiger partial charge is 0.309 e. The molecule has 0 N–H and O–H groups in total. The zero-order valence-electron chi connectivity index (χ0n) is 13.8. The molecule has 0 radical (unpaired) electrons. The lowest BCUT2D eigenvalue weighted by Gasteiger charge is -2.27. The first-order valence-electron chi connectivity index (χ1n) is 7.94. The first kappa shape index (κ1) is 17.1. The number of fused-ring (bicyclic) bond motifs is 1. The predicted octanol–water partition coefficient (Wildman–Crippen LogP) is 5.10. The maximum atomic E-state index is 12.7. The lowest BCUT2D eigenvalue weighted by molar-refractivity contribution is -0.116. The minimum absolute atomic E-state index is 0.114. The van der Waals surface area contributed by atoms with Crippen LogP contribution in [-0.2, 0) is 10.5 Å². The molecule has 1 heterocycles. The summed E-state index contributed by atoms with van der Waals surface area (Å²) in [7, 11) is 0. The van der Waals surface area contributed by atoms with Gasteiger partial charge < -0.3 is 4.90 Å². The Kier molecular flexibility index (Phi) is 5.63. The number of rotatable bonds is 4. The standard InChI is InChI=1S/C19H20N2OS2/c1-14(2)21(16-9-4-3-5-10-16)18(22)13-24-19-20-17-11-7-6-8-15(17)12-23-19/h3-11,14H,12-13H2,1-2H3. The van der Waals surface area contributed by atoms with E-state index >= 15 is 0 Å². The Morgan fingerprint density at radius 3 is 2.62 bits per heavy atom. The summed E-state index contributed by atoms with van der Waals surface area (Å²) < 4.78 is 0.971. The Morgan fingerprint density at radius 2 is 1.88 bits per heavy atom. The van der Waals surface area contributed by atoms with Crippen LogP contribution in [0.5, 0.6) is 0 Å². The van der Waals surface area contributed by atoms with Gasteiger partial charge in [-0.3, -0.25) is 4.79 Å². The van der Waals surface area contributed by atoms with Gasteiger partial charge in [-0.1, -0.05) is 59.9 Å². The van der Waals surface area contributed by atoms with Crippen molar-refractivity contribution in [3.63, 3.8) is 0 Å². The van der Waals surface area contributed by atoms with Gasteiger partial charge in [0, 0.05) is 17.5 Å². The van der Waals surface area contributed by atoms with Crippen LogP contribution in [0.15, 0.2) is 59.6 Å². The average Bonchev–Trinajstić information content (AvgIpc) is 2.60. The molecule has 5 heteroatoms. The van der Waals surface area contributed by atoms with Crippen LogP contribution in [0.25, 0.3) is 0 Å². The van der Waals surface area contributed by atoms with Crippen molar-refractivity contribution >= 4 is 45.2 Å². The predicted molar refractivity (Wildman–Crippen MR) is 106 cm³/mol. The molecule has 1 aliphatic heterocycles. The average molecular weight is 357 g/mol. The summed E-state index contributed by atoms with van der Waals surface area (Å²) in [5, 5.41) is 0. The fraction of sp³-hybridized carbons (Fsp3) is 0.263. The van der Waals surface area contributed by atoms with Crippen LogP contribution in [-0.4, -0.2) is 22.1 Å². The molecule has 1 amide bonds. The summed E-state index contributed by atoms with van der Waals surface area (Å²) in [5.41, 5.74) is 3.22. The smallest absolute Gasteiger partial charge is 0.237 e. The van der Waals surface area contributed by atoms with Crippen molar-refractivity contribution in [2.75, 3.05) is 10.7 Å². The maximum Gasteiger partial charge on any atom is 0.237 e. The lowest BCUT2D eigenvalue weighted by Crippen LogP contribution is -2.38. The van der Waals surface area contributed by atoms with Gasteiger partial charge in [0.25, 0.3) is 0 Å². The molecule has 0 atom stereocenters. The van der Waals surface area contributed by atoms with Crippen molar-refractivity contribution in [1.82, 2.24) is 0 Å². The van der Waals surface area contributed by atoms with Crippen LogP contribution in [0.1, 0.15) is 19.4 Å². The highest BCUT2D eigenvalue weighted by molar-refractivity contribution is 8.38. The Balaban J connectivity index is 1.68. The van der Waals surface area contributed by atoms with Crippen molar-refractivity contribution < 1.29 is 4.79 Å². The second-order valence-electron chi connectivity index (χ2n) is 5.78. The van der Waals surface area contributed by atoms with E-state index in [-0.39, 0.29) is 11.9 Å². The number of amides is 1. The van der Waals surface area contributed by atoms with E-state index in [4.69, 9.17) is 0 Å². The molecule has 0 aromatic heterocycles. The number of aliphatic imine (C=N–C) groups is 1. The Morgan fingerprint density at radius 1 is 1.17 bits per heavy atom. The third-order valence-corrected chi connectivity index (χ3v) is 5.92. The molecule has 0 aliphatic carbocycles. The van der Waals surface area contributed by atoms with Gasteiger partial charge in [-0.05, 0) is 37.6 Å². The first-order chi connectivity index (χ1) is 11.6. The second-order valence-corrected chi connectivity index (χ2v) is 7.96. The van der Waals surface area contributed by atoms with E-state index in [1.165, 1.54) is 17.3 Å². The minimum Gasteiger partial charge on any atom is -0.309 e. The molecule has 3 rings (SSSR count). The van der Waals surface area contributed by atoms with Crippen molar-refractivity contribution in [3.8, 4) is 0 Å². The number of hydrogen-bond donors (Lipinski definition) is 0. The monoisotopic (exact) mass is 356 g/mol. The zero-order valence-corrected chi connectivity index (χ0v) is 15.4. The molecule has 24 heavy (non-hydrogen) atoms. The topological polar surface area (TPSA) is 32.7 Å². The Hall–Kier alpha value is -1.72. The van der Waals surface area contributed by atoms with E-state index in [0.717, 1.165) is 21.5 Å². The molecule has 0 saturated heterocycles. The van der Waals surface area contributed by atoms with Crippen molar-refractivity contribution in [2.45, 2.75) is 25.6 Å². The third kappa shape index (κ3) is 4.02. The van der Waals surface area contributed by atoms with Crippen LogP contribution in [0.4, 0.5) is 11.4 Å². The number of anilines is 1. The summed E-state index contributed by atoms with van der Waals surface area (Å²) in [5.74, 6) is 1.44. The maximum absolute atomic E-state index is 12.7. The summed E-state index contributed by atoms with van der Waals surface area (Å²) in [6.45, 7) is 4.08. The Labute approximate surface area is 151 Å². The molecular formula is C19H20N2OS2. The van der Waals surface area contributed by atoms with E-state index in [0.29, 0.717) is 5.75 Å². The molecule has 2 aromatic carbocycles. The van der Waals surface area contributed by atoms with Gasteiger partial charge in [0.05, 0.1) is 11.4 Å². The van der Waals surface area contributed by atoms with E-state index in [1.807, 2.05) is 67.3 Å². The molecule has 1 aliphatic rings. The Bertz CT molecular complexity index is 744. The van der Waals surface area contributed by atoms with Crippen LogP contribution >= 0.6 is 23.5 Å². The number of benzene rings is 2. The number of carbonyl (C=O) groups is 1. The first-order valence-corrected chi connectivity index (χ1v) is 9.91. The van der Waals surface area contributed by atoms with Crippen molar-refractivity contribution in [2.24, 2.45) is 4.99 Å². The van der Waals surface area contributed by atoms with Crippen molar-refractivity contribution in [3.05, 3.63) is 60.2 Å². The summed E-state index contributed by atoms with van der Waals surface area (Å²) >= 11 is 3.24. The quantitative estimate of drug-likeness (QED) is 0.764. The fourth-order valence-corrected chi connectivity index (χ4v) is 4.52. The lowest BCUT2D eigenvalue weighted by atomic mass is 10.2. The van der Waals surface area contributed by atoms with Gasteiger partial charge >= 0.3 is 0 Å². The highest BCUT2D eigenvalue weighted by Gasteiger charge is 2.20. The SMILES string of the molecule is CC(C)N(C(=O)CSC1=Nc2ccccc2CS1)c1ccccc1. The van der Waals surface area contributed by atoms with Gasteiger partial charge in [-0.2, -0.15) is 0 Å². The van der Waals surface area contributed by atoms with Gasteiger partial charge in [0.2, 0.25) is 5.91 Å². The molecule has 0 saturated carbocycles. The minimum atomic E-state index is 0.114. The number of hydrogen-bond acceptors (Lipinski definition) is 4. The summed E-state index contributed by atoms with van der Waals surface area (Å²) in [4.78, 5) is 19.2. The molecule has 3 nitrogen and oxygen atoms in total. The summed E-state index contributed by atoms with van der Waals surface area (Å²) in [6.07, 6.45) is 0. The normalized spacial score (nSPS) is 13.4. The molecule has 0 unspecified atom stereocenters. The van der Waals surface area contributed by atoms with Crippen LogP contribution in [0.3, 0.4) is 0 Å². The fourth-order valence-electron chi connectivity index (χ4n) is 2.60. The van der Waals surface area contributed by atoms with Gasteiger partial charge in [0.15, 0.2) is 0 Å². The molecule has 0 fully saturated rings. The van der Waals surface area contributed by atoms with E-state index < -0.39 is 0 Å². The van der Waals surface area contributed by atoms with E-state index in [9.17, 15) is 4.79 Å². The number of nitrogens with zero attached hydrogens (tertiary/aromatic N) is 2. The molecule has 0 bridgehead atoms. The van der Waals surface area contributed by atoms with Crippen molar-refractivity contribution in [1.29, 1.82) is 0 Å². The molecular weight excluding hydrogens is 336 g/mol. The number of carbonyl (C=O) groups excluding carboxylic acids is 1. The molecule has 2 aromatic rings. The van der Waals surface area contributed by atoms with Crippen LogP contribution < -0.4 is 4.90 Å². The zero-order chi connectivity index (χ0) is 16.9. The highest BCUT2D eigenvalue weighted by atomic mass is 32.2. The summed E-state index contributed by atoms with van der Waals surface area (Å²) in [6, 6.07) is 18.1. The van der Waals surface area contributed by atoms with Gasteiger partial charge in [0.1, 0.15) is 4.38 Å². The van der Waals surface area contributed by atoms with E-state index in [1.54, 1.807) is 11.8 Å². The molecule has 124 valence electrons. The van der Waals surface area contributed by atoms with Gasteiger partial charge in [-0.25, -0.2) is 4.99 Å². The second kappa shape index (κ2) is 7.90. The van der Waals surface area contributed by atoms with E-state index in [2.05, 4.69) is 11.1 Å². The van der Waals surface area contributed by atoms with Gasteiger partial charge in [-0.15, -0.1) is 0 Å². The molecule has 0 spiro atoms. The van der Waals surface area contributed by atoms with Crippen LogP contribution in [0, 0.1) is 0 Å². The van der Waals surface area contributed by atoms with Crippen LogP contribution in [0.2, 0.25) is 0 Å². The number of thioether (sulfide) groups is 2. The number of para-hydroxylation sites is 2.